The van der Waals surface area contributed by atoms with Crippen LogP contribution in [-0.2, 0) is 16.1 Å². The number of urea groups is 1. The number of amides is 2. The van der Waals surface area contributed by atoms with Crippen LogP contribution in [0.4, 0.5) is 9.18 Å². The first kappa shape index (κ1) is 19.2. The summed E-state index contributed by atoms with van der Waals surface area (Å²) in [5.41, 5.74) is 0.823. The fraction of sp³-hybridized carbons (Fsp3) is 0.579. The summed E-state index contributed by atoms with van der Waals surface area (Å²) in [6, 6.07) is 6.07. The normalized spacial score (nSPS) is 14.8. The van der Waals surface area contributed by atoms with Gasteiger partial charge in [-0.15, -0.1) is 0 Å². The van der Waals surface area contributed by atoms with Gasteiger partial charge in [0.2, 0.25) is 0 Å². The molecule has 0 saturated heterocycles. The van der Waals surface area contributed by atoms with E-state index in [-0.39, 0.29) is 36.8 Å². The van der Waals surface area contributed by atoms with Crippen LogP contribution >= 0.6 is 0 Å². The molecule has 6 heteroatoms. The van der Waals surface area contributed by atoms with Crippen molar-refractivity contribution in [2.24, 2.45) is 0 Å². The Balaban J connectivity index is 1.97. The van der Waals surface area contributed by atoms with Gasteiger partial charge >= 0.3 is 12.0 Å². The van der Waals surface area contributed by atoms with Crippen LogP contribution in [0.1, 0.15) is 51.0 Å². The first-order chi connectivity index (χ1) is 12.1. The van der Waals surface area contributed by atoms with E-state index < -0.39 is 0 Å². The fourth-order valence-corrected chi connectivity index (χ4v) is 3.03. The molecule has 5 nitrogen and oxygen atoms in total. The quantitative estimate of drug-likeness (QED) is 0.764. The van der Waals surface area contributed by atoms with Gasteiger partial charge in [-0.2, -0.15) is 0 Å². The van der Waals surface area contributed by atoms with Gasteiger partial charge in [0.25, 0.3) is 0 Å². The predicted molar refractivity (Wildman–Crippen MR) is 93.5 cm³/mol. The van der Waals surface area contributed by atoms with Gasteiger partial charge in [-0.1, -0.05) is 31.4 Å². The van der Waals surface area contributed by atoms with Crippen LogP contribution in [0.2, 0.25) is 0 Å². The van der Waals surface area contributed by atoms with Crippen molar-refractivity contribution >= 4 is 12.0 Å². The number of nitrogens with one attached hydrogen (secondary N) is 1. The van der Waals surface area contributed by atoms with Crippen molar-refractivity contribution in [3.63, 3.8) is 0 Å². The van der Waals surface area contributed by atoms with Crippen molar-refractivity contribution in [3.05, 3.63) is 35.6 Å². The van der Waals surface area contributed by atoms with Crippen LogP contribution in [-0.4, -0.2) is 36.1 Å². The molecule has 0 spiro atoms. The zero-order chi connectivity index (χ0) is 18.1. The van der Waals surface area contributed by atoms with Gasteiger partial charge in [-0.25, -0.2) is 9.18 Å². The summed E-state index contributed by atoms with van der Waals surface area (Å²) in [5.74, 6) is -0.634. The Morgan fingerprint density at radius 1 is 1.20 bits per heavy atom. The summed E-state index contributed by atoms with van der Waals surface area (Å²) >= 11 is 0. The Morgan fingerprint density at radius 2 is 1.88 bits per heavy atom. The maximum absolute atomic E-state index is 13.1. The highest BCUT2D eigenvalue weighted by Crippen LogP contribution is 2.18. The number of halogens is 1. The van der Waals surface area contributed by atoms with Crippen molar-refractivity contribution in [2.45, 2.75) is 58.0 Å². The average molecular weight is 350 g/mol. The van der Waals surface area contributed by atoms with E-state index in [1.807, 2.05) is 0 Å². The van der Waals surface area contributed by atoms with Crippen molar-refractivity contribution in [3.8, 4) is 0 Å². The zero-order valence-electron chi connectivity index (χ0n) is 14.8. The molecule has 1 fully saturated rings. The molecule has 25 heavy (non-hydrogen) atoms. The molecule has 0 heterocycles. The standard InChI is InChI=1S/C19H27FN2O3/c1-2-25-18(23)12-13-22(14-15-8-10-16(20)11-9-15)19(24)21-17-6-4-3-5-7-17/h8-11,17H,2-7,12-14H2,1H3,(H,21,24). The van der Waals surface area contributed by atoms with Crippen LogP contribution in [0.3, 0.4) is 0 Å². The van der Waals surface area contributed by atoms with E-state index in [2.05, 4.69) is 5.32 Å². The molecule has 138 valence electrons. The molecule has 0 atom stereocenters. The SMILES string of the molecule is CCOC(=O)CCN(Cc1ccc(F)cc1)C(=O)NC1CCCCC1. The van der Waals surface area contributed by atoms with E-state index in [0.29, 0.717) is 13.2 Å². The summed E-state index contributed by atoms with van der Waals surface area (Å²) in [7, 11) is 0. The van der Waals surface area contributed by atoms with E-state index in [1.54, 1.807) is 24.0 Å². The zero-order valence-corrected chi connectivity index (χ0v) is 14.8. The lowest BCUT2D eigenvalue weighted by atomic mass is 9.96. The second-order valence-corrected chi connectivity index (χ2v) is 6.39. The molecule has 1 aliphatic rings. The third-order valence-electron chi connectivity index (χ3n) is 4.40. The molecular weight excluding hydrogens is 323 g/mol. The minimum Gasteiger partial charge on any atom is -0.466 e. The van der Waals surface area contributed by atoms with Crippen LogP contribution < -0.4 is 5.32 Å². The maximum Gasteiger partial charge on any atom is 0.317 e. The lowest BCUT2D eigenvalue weighted by Gasteiger charge is -2.28. The Hall–Kier alpha value is -2.11. The van der Waals surface area contributed by atoms with Gasteiger partial charge in [0.1, 0.15) is 5.82 Å². The highest BCUT2D eigenvalue weighted by molar-refractivity contribution is 5.76. The maximum atomic E-state index is 13.1. The molecule has 1 aromatic carbocycles. The summed E-state index contributed by atoms with van der Waals surface area (Å²) in [5, 5.41) is 3.07. The highest BCUT2D eigenvalue weighted by Gasteiger charge is 2.21. The van der Waals surface area contributed by atoms with Crippen molar-refractivity contribution in [2.75, 3.05) is 13.2 Å². The number of rotatable bonds is 7. The van der Waals surface area contributed by atoms with Crippen LogP contribution in [0.15, 0.2) is 24.3 Å². The number of hydrogen-bond donors (Lipinski definition) is 1. The molecule has 1 aromatic rings. The third kappa shape index (κ3) is 6.72. The van der Waals surface area contributed by atoms with Gasteiger partial charge in [-0.3, -0.25) is 4.79 Å². The molecule has 0 radical (unpaired) electrons. The van der Waals surface area contributed by atoms with Gasteiger partial charge in [-0.05, 0) is 37.5 Å². The topological polar surface area (TPSA) is 58.6 Å². The Bertz CT molecular complexity index is 556. The molecule has 1 saturated carbocycles. The Labute approximate surface area is 148 Å². The molecule has 1 aliphatic carbocycles. The Morgan fingerprint density at radius 3 is 2.52 bits per heavy atom. The van der Waals surface area contributed by atoms with Gasteiger partial charge in [0, 0.05) is 19.1 Å². The summed E-state index contributed by atoms with van der Waals surface area (Å²) in [6.07, 6.45) is 5.61. The number of hydrogen-bond acceptors (Lipinski definition) is 3. The first-order valence-electron chi connectivity index (χ1n) is 9.04. The van der Waals surface area contributed by atoms with Crippen molar-refractivity contribution < 1.29 is 18.7 Å². The Kier molecular flexibility index (Phi) is 7.70. The molecule has 0 bridgehead atoms. The predicted octanol–water partition coefficient (Wildman–Crippen LogP) is 3.62. The largest absolute Gasteiger partial charge is 0.466 e. The molecular formula is C19H27FN2O3. The highest BCUT2D eigenvalue weighted by atomic mass is 19.1. The van der Waals surface area contributed by atoms with E-state index in [0.717, 1.165) is 31.2 Å². The summed E-state index contributed by atoms with van der Waals surface area (Å²) in [6.45, 7) is 2.68. The van der Waals surface area contributed by atoms with E-state index in [4.69, 9.17) is 4.74 Å². The number of carbonyl (C=O) groups excluding carboxylic acids is 2. The minimum atomic E-state index is -0.322. The smallest absolute Gasteiger partial charge is 0.317 e. The second kappa shape index (κ2) is 10.0. The van der Waals surface area contributed by atoms with E-state index in [1.165, 1.54) is 18.6 Å². The lowest BCUT2D eigenvalue weighted by molar-refractivity contribution is -0.143. The van der Waals surface area contributed by atoms with Crippen LogP contribution in [0, 0.1) is 5.82 Å². The molecule has 2 rings (SSSR count). The first-order valence-corrected chi connectivity index (χ1v) is 9.04. The van der Waals surface area contributed by atoms with Gasteiger partial charge in [0.15, 0.2) is 0 Å². The molecule has 0 aliphatic heterocycles. The molecule has 1 N–H and O–H groups in total. The van der Waals surface area contributed by atoms with Crippen molar-refractivity contribution in [1.82, 2.24) is 10.2 Å². The monoisotopic (exact) mass is 350 g/mol. The third-order valence-corrected chi connectivity index (χ3v) is 4.40. The number of ether oxygens (including phenoxy) is 1. The summed E-state index contributed by atoms with van der Waals surface area (Å²) < 4.78 is 18.0. The number of carbonyl (C=O) groups is 2. The van der Waals surface area contributed by atoms with Crippen molar-refractivity contribution in [1.29, 1.82) is 0 Å². The summed E-state index contributed by atoms with van der Waals surface area (Å²) in [4.78, 5) is 25.9. The minimum absolute atomic E-state index is 0.146. The average Bonchev–Trinajstić information content (AvgIpc) is 2.61. The van der Waals surface area contributed by atoms with Gasteiger partial charge in [0.05, 0.1) is 13.0 Å². The number of esters is 1. The fourth-order valence-electron chi connectivity index (χ4n) is 3.03. The second-order valence-electron chi connectivity index (χ2n) is 6.39. The van der Waals surface area contributed by atoms with E-state index in [9.17, 15) is 14.0 Å². The van der Waals surface area contributed by atoms with Crippen LogP contribution in [0.5, 0.6) is 0 Å². The lowest BCUT2D eigenvalue weighted by Crippen LogP contribution is -2.45. The number of nitrogens with zero attached hydrogens (tertiary/aromatic N) is 1. The van der Waals surface area contributed by atoms with Gasteiger partial charge < -0.3 is 15.0 Å². The molecule has 2 amide bonds. The molecule has 0 aromatic heterocycles. The molecule has 0 unspecified atom stereocenters. The number of benzene rings is 1. The van der Waals surface area contributed by atoms with Crippen LogP contribution in [0.25, 0.3) is 0 Å². The van der Waals surface area contributed by atoms with E-state index >= 15 is 0 Å².